The van der Waals surface area contributed by atoms with Crippen LogP contribution in [-0.2, 0) is 9.53 Å². The van der Waals surface area contributed by atoms with Crippen LogP contribution in [0.5, 0.6) is 5.88 Å². The molecular weight excluding hydrogens is 348 g/mol. The average Bonchev–Trinajstić information content (AvgIpc) is 2.70. The van der Waals surface area contributed by atoms with Crippen LogP contribution in [0.2, 0.25) is 0 Å². The molecule has 3 rings (SSSR count). The number of aliphatic carboxylic acids is 1. The van der Waals surface area contributed by atoms with Crippen LogP contribution in [0.1, 0.15) is 23.2 Å². The van der Waals surface area contributed by atoms with Crippen LogP contribution in [0, 0.1) is 0 Å². The number of hydrogen-bond acceptors (Lipinski definition) is 6. The molecule has 2 aromatic carbocycles. The Balaban J connectivity index is 2.01. The Bertz CT molecular complexity index is 973. The highest BCUT2D eigenvalue weighted by molar-refractivity contribution is 5.94. The third-order valence-corrected chi connectivity index (χ3v) is 3.87. The molecule has 1 aromatic heterocycles. The Morgan fingerprint density at radius 2 is 1.81 bits per heavy atom. The molecule has 7 nitrogen and oxygen atoms in total. The first-order valence-electron chi connectivity index (χ1n) is 8.38. The molecule has 0 spiro atoms. The van der Waals surface area contributed by atoms with Gasteiger partial charge in [0.15, 0.2) is 0 Å². The van der Waals surface area contributed by atoms with E-state index in [2.05, 4.69) is 9.97 Å². The van der Waals surface area contributed by atoms with Crippen molar-refractivity contribution in [2.75, 3.05) is 13.7 Å². The van der Waals surface area contributed by atoms with Crippen molar-refractivity contribution in [1.29, 1.82) is 0 Å². The van der Waals surface area contributed by atoms with Crippen LogP contribution in [0.4, 0.5) is 0 Å². The van der Waals surface area contributed by atoms with Gasteiger partial charge in [-0.3, -0.25) is 4.79 Å². The molecule has 138 valence electrons. The van der Waals surface area contributed by atoms with Crippen molar-refractivity contribution in [1.82, 2.24) is 9.97 Å². The first-order valence-corrected chi connectivity index (χ1v) is 8.38. The van der Waals surface area contributed by atoms with Gasteiger partial charge in [0.1, 0.15) is 5.69 Å². The lowest BCUT2D eigenvalue weighted by Crippen LogP contribution is -2.06. The van der Waals surface area contributed by atoms with Crippen molar-refractivity contribution in [3.05, 3.63) is 54.1 Å². The summed E-state index contributed by atoms with van der Waals surface area (Å²) in [4.78, 5) is 31.6. The van der Waals surface area contributed by atoms with Gasteiger partial charge in [-0.25, -0.2) is 14.8 Å². The number of carbonyl (C=O) groups is 2. The highest BCUT2D eigenvalue weighted by Gasteiger charge is 2.14. The van der Waals surface area contributed by atoms with Gasteiger partial charge in [0.05, 0.1) is 30.3 Å². The molecule has 0 radical (unpaired) electrons. The summed E-state index contributed by atoms with van der Waals surface area (Å²) in [5.41, 5.74) is 2.86. The number of carboxylic acid groups (broad SMARTS) is 1. The van der Waals surface area contributed by atoms with Crippen molar-refractivity contribution in [3.63, 3.8) is 0 Å². The Hall–Kier alpha value is -3.48. The minimum Gasteiger partial charge on any atom is -0.481 e. The monoisotopic (exact) mass is 366 g/mol. The summed E-state index contributed by atoms with van der Waals surface area (Å²) in [5, 5.41) is 8.76. The fourth-order valence-electron chi connectivity index (χ4n) is 2.56. The quantitative estimate of drug-likeness (QED) is 0.506. The Labute approximate surface area is 155 Å². The molecule has 0 aliphatic heterocycles. The summed E-state index contributed by atoms with van der Waals surface area (Å²) in [6.45, 7) is 0.197. The molecule has 3 aromatic rings. The van der Waals surface area contributed by atoms with E-state index in [1.165, 1.54) is 7.11 Å². The number of aromatic nitrogens is 2. The van der Waals surface area contributed by atoms with Crippen LogP contribution in [0.25, 0.3) is 22.3 Å². The minimum atomic E-state index is -0.880. The van der Waals surface area contributed by atoms with E-state index in [1.54, 1.807) is 18.2 Å². The summed E-state index contributed by atoms with van der Waals surface area (Å²) in [6, 6.07) is 14.4. The van der Waals surface area contributed by atoms with Crippen molar-refractivity contribution in [3.8, 4) is 17.1 Å². The average molecular weight is 366 g/mol. The molecule has 0 atom stereocenters. The molecule has 1 N–H and O–H groups in total. The van der Waals surface area contributed by atoms with Crippen molar-refractivity contribution >= 4 is 23.0 Å². The second-order valence-electron chi connectivity index (χ2n) is 5.78. The highest BCUT2D eigenvalue weighted by Crippen LogP contribution is 2.29. The molecule has 0 aliphatic carbocycles. The van der Waals surface area contributed by atoms with Crippen LogP contribution in [0.3, 0.4) is 0 Å². The third kappa shape index (κ3) is 4.38. The summed E-state index contributed by atoms with van der Waals surface area (Å²) < 4.78 is 10.5. The van der Waals surface area contributed by atoms with Crippen molar-refractivity contribution in [2.24, 2.45) is 0 Å². The maximum atomic E-state index is 11.7. The van der Waals surface area contributed by atoms with E-state index in [9.17, 15) is 9.59 Å². The third-order valence-electron chi connectivity index (χ3n) is 3.87. The minimum absolute atomic E-state index is 0.00810. The molecule has 7 heteroatoms. The van der Waals surface area contributed by atoms with E-state index in [0.29, 0.717) is 34.6 Å². The van der Waals surface area contributed by atoms with Crippen LogP contribution < -0.4 is 4.74 Å². The summed E-state index contributed by atoms with van der Waals surface area (Å²) in [7, 11) is 1.31. The first-order chi connectivity index (χ1) is 13.1. The molecule has 0 amide bonds. The Morgan fingerprint density at radius 3 is 2.52 bits per heavy atom. The molecule has 27 heavy (non-hydrogen) atoms. The number of hydrogen-bond donors (Lipinski definition) is 1. The van der Waals surface area contributed by atoms with Gasteiger partial charge in [-0.1, -0.05) is 30.3 Å². The topological polar surface area (TPSA) is 98.6 Å². The second kappa shape index (κ2) is 8.27. The smallest absolute Gasteiger partial charge is 0.337 e. The number of fused-ring (bicyclic) bond motifs is 1. The van der Waals surface area contributed by atoms with Gasteiger partial charge in [0, 0.05) is 12.0 Å². The zero-order chi connectivity index (χ0) is 19.2. The van der Waals surface area contributed by atoms with Gasteiger partial charge in [-0.05, 0) is 24.6 Å². The number of nitrogens with zero attached hydrogens (tertiary/aromatic N) is 2. The van der Waals surface area contributed by atoms with Gasteiger partial charge in [0.25, 0.3) is 0 Å². The summed E-state index contributed by atoms with van der Waals surface area (Å²) >= 11 is 0. The molecule has 0 aliphatic rings. The Morgan fingerprint density at radius 1 is 1.04 bits per heavy atom. The number of rotatable bonds is 7. The fraction of sp³-hybridized carbons (Fsp3) is 0.200. The van der Waals surface area contributed by atoms with Crippen LogP contribution in [-0.4, -0.2) is 40.7 Å². The molecule has 0 fully saturated rings. The normalized spacial score (nSPS) is 10.6. The standard InChI is InChI=1S/C20H18N2O5/c1-26-20(25)14-9-10-15-16(12-14)22-19(27-11-5-8-17(23)24)18(21-15)13-6-3-2-4-7-13/h2-4,6-7,9-10,12H,5,8,11H2,1H3,(H,23,24). The predicted octanol–water partition coefficient (Wildman–Crippen LogP) is 3.33. The van der Waals surface area contributed by atoms with E-state index in [0.717, 1.165) is 5.56 Å². The van der Waals surface area contributed by atoms with E-state index in [1.807, 2.05) is 30.3 Å². The van der Waals surface area contributed by atoms with Crippen molar-refractivity contribution < 1.29 is 24.2 Å². The maximum Gasteiger partial charge on any atom is 0.337 e. The predicted molar refractivity (Wildman–Crippen MR) is 98.7 cm³/mol. The molecule has 0 unspecified atom stereocenters. The van der Waals surface area contributed by atoms with E-state index < -0.39 is 11.9 Å². The lowest BCUT2D eigenvalue weighted by atomic mass is 10.1. The number of carbonyl (C=O) groups excluding carboxylic acids is 1. The van der Waals surface area contributed by atoms with Gasteiger partial charge in [0.2, 0.25) is 5.88 Å². The van der Waals surface area contributed by atoms with Gasteiger partial charge < -0.3 is 14.6 Å². The molecule has 0 saturated carbocycles. The van der Waals surface area contributed by atoms with Gasteiger partial charge in [-0.15, -0.1) is 0 Å². The lowest BCUT2D eigenvalue weighted by Gasteiger charge is -2.11. The molecule has 0 bridgehead atoms. The zero-order valence-corrected chi connectivity index (χ0v) is 14.7. The second-order valence-corrected chi connectivity index (χ2v) is 5.78. The SMILES string of the molecule is COC(=O)c1ccc2nc(-c3ccccc3)c(OCCCC(=O)O)nc2c1. The zero-order valence-electron chi connectivity index (χ0n) is 14.7. The Kier molecular flexibility index (Phi) is 5.61. The number of benzene rings is 2. The fourth-order valence-corrected chi connectivity index (χ4v) is 2.56. The number of methoxy groups -OCH3 is 1. The molecule has 0 saturated heterocycles. The largest absolute Gasteiger partial charge is 0.481 e. The van der Waals surface area contributed by atoms with E-state index in [-0.39, 0.29) is 13.0 Å². The van der Waals surface area contributed by atoms with Gasteiger partial charge in [-0.2, -0.15) is 0 Å². The van der Waals surface area contributed by atoms with E-state index in [4.69, 9.17) is 14.6 Å². The van der Waals surface area contributed by atoms with Crippen LogP contribution in [0.15, 0.2) is 48.5 Å². The lowest BCUT2D eigenvalue weighted by molar-refractivity contribution is -0.137. The highest BCUT2D eigenvalue weighted by atomic mass is 16.5. The number of esters is 1. The number of carboxylic acids is 1. The van der Waals surface area contributed by atoms with Crippen molar-refractivity contribution in [2.45, 2.75) is 12.8 Å². The maximum absolute atomic E-state index is 11.7. The summed E-state index contributed by atoms with van der Waals surface area (Å²) in [5.74, 6) is -1.05. The molecule has 1 heterocycles. The number of ether oxygens (including phenoxy) is 2. The molecular formula is C20H18N2O5. The van der Waals surface area contributed by atoms with Gasteiger partial charge >= 0.3 is 11.9 Å². The summed E-state index contributed by atoms with van der Waals surface area (Å²) in [6.07, 6.45) is 0.361. The van der Waals surface area contributed by atoms with Crippen LogP contribution >= 0.6 is 0 Å². The first kappa shape index (κ1) is 18.3. The van der Waals surface area contributed by atoms with E-state index >= 15 is 0 Å².